The summed E-state index contributed by atoms with van der Waals surface area (Å²) in [5.41, 5.74) is 3.04. The van der Waals surface area contributed by atoms with Crippen LogP contribution < -0.4 is 5.32 Å². The van der Waals surface area contributed by atoms with Crippen LogP contribution in [-0.4, -0.2) is 34.9 Å². The first kappa shape index (κ1) is 13.1. The lowest BCUT2D eigenvalue weighted by Crippen LogP contribution is -2.45. The third-order valence-electron chi connectivity index (χ3n) is 4.13. The molecule has 0 aromatic carbocycles. The van der Waals surface area contributed by atoms with Crippen LogP contribution in [0.15, 0.2) is 5.51 Å². The van der Waals surface area contributed by atoms with E-state index in [2.05, 4.69) is 22.1 Å². The number of aromatic nitrogens is 1. The van der Waals surface area contributed by atoms with Crippen molar-refractivity contribution >= 4 is 17.2 Å². The molecule has 4 nitrogen and oxygen atoms in total. The first-order valence-electron chi connectivity index (χ1n) is 7.15. The van der Waals surface area contributed by atoms with E-state index in [9.17, 15) is 4.79 Å². The minimum absolute atomic E-state index is 0.365. The van der Waals surface area contributed by atoms with Crippen molar-refractivity contribution in [2.75, 3.05) is 13.1 Å². The number of piperidine rings is 1. The summed E-state index contributed by atoms with van der Waals surface area (Å²) in [5.74, 6) is 0.765. The molecule has 1 saturated carbocycles. The van der Waals surface area contributed by atoms with E-state index in [-0.39, 0.29) is 0 Å². The molecule has 104 valence electrons. The lowest BCUT2D eigenvalue weighted by Gasteiger charge is -2.32. The van der Waals surface area contributed by atoms with Gasteiger partial charge in [-0.05, 0) is 32.6 Å². The van der Waals surface area contributed by atoms with Gasteiger partial charge in [-0.15, -0.1) is 11.3 Å². The highest BCUT2D eigenvalue weighted by molar-refractivity contribution is 7.09. The topological polar surface area (TPSA) is 45.2 Å². The number of hydrogen-bond donors (Lipinski definition) is 1. The molecule has 5 heteroatoms. The molecule has 2 heterocycles. The van der Waals surface area contributed by atoms with Crippen LogP contribution >= 0.6 is 11.3 Å². The van der Waals surface area contributed by atoms with Gasteiger partial charge in [-0.2, -0.15) is 0 Å². The van der Waals surface area contributed by atoms with E-state index < -0.39 is 0 Å². The van der Waals surface area contributed by atoms with E-state index in [1.54, 1.807) is 11.3 Å². The summed E-state index contributed by atoms with van der Waals surface area (Å²) in [4.78, 5) is 19.6. The Morgan fingerprint density at radius 3 is 2.74 bits per heavy atom. The van der Waals surface area contributed by atoms with Gasteiger partial charge in [-0.1, -0.05) is 0 Å². The molecule has 0 unspecified atom stereocenters. The van der Waals surface area contributed by atoms with E-state index in [0.717, 1.165) is 51.0 Å². The average molecular weight is 279 g/mol. The first-order valence-corrected chi connectivity index (χ1v) is 8.03. The minimum Gasteiger partial charge on any atom is -0.342 e. The van der Waals surface area contributed by atoms with E-state index >= 15 is 0 Å². The fourth-order valence-corrected chi connectivity index (χ4v) is 3.35. The van der Waals surface area contributed by atoms with Crippen LogP contribution in [0.2, 0.25) is 0 Å². The summed E-state index contributed by atoms with van der Waals surface area (Å²) in [7, 11) is 0. The molecule has 2 fully saturated rings. The van der Waals surface area contributed by atoms with Crippen molar-refractivity contribution < 1.29 is 4.79 Å². The van der Waals surface area contributed by atoms with Crippen LogP contribution in [0.1, 0.15) is 36.3 Å². The lowest BCUT2D eigenvalue weighted by atomic mass is 10.0. The Kier molecular flexibility index (Phi) is 3.84. The summed E-state index contributed by atoms with van der Waals surface area (Å²) in [6.07, 6.45) is 4.38. The predicted molar refractivity (Wildman–Crippen MR) is 76.0 cm³/mol. The van der Waals surface area contributed by atoms with Crippen molar-refractivity contribution in [3.63, 3.8) is 0 Å². The van der Waals surface area contributed by atoms with Crippen molar-refractivity contribution in [1.29, 1.82) is 0 Å². The van der Waals surface area contributed by atoms with Crippen LogP contribution in [0.4, 0.5) is 0 Å². The zero-order chi connectivity index (χ0) is 13.2. The van der Waals surface area contributed by atoms with Gasteiger partial charge in [0.1, 0.15) is 0 Å². The number of carbonyl (C=O) groups excluding carboxylic acids is 1. The van der Waals surface area contributed by atoms with Gasteiger partial charge in [-0.25, -0.2) is 4.98 Å². The number of nitrogens with one attached hydrogen (secondary N) is 1. The van der Waals surface area contributed by atoms with Crippen molar-refractivity contribution in [3.8, 4) is 0 Å². The summed E-state index contributed by atoms with van der Waals surface area (Å²) < 4.78 is 0. The molecule has 19 heavy (non-hydrogen) atoms. The molecule has 1 aromatic heterocycles. The van der Waals surface area contributed by atoms with Gasteiger partial charge in [0.2, 0.25) is 5.91 Å². The molecule has 0 atom stereocenters. The second-order valence-corrected chi connectivity index (χ2v) is 6.56. The van der Waals surface area contributed by atoms with Crippen LogP contribution in [0, 0.1) is 12.8 Å². The lowest BCUT2D eigenvalue weighted by molar-refractivity contribution is -0.133. The van der Waals surface area contributed by atoms with Gasteiger partial charge in [0, 0.05) is 36.5 Å². The first-order chi connectivity index (χ1) is 9.24. The largest absolute Gasteiger partial charge is 0.342 e. The smallest absolute Gasteiger partial charge is 0.225 e. The molecule has 0 radical (unpaired) electrons. The fraction of sp³-hybridized carbons (Fsp3) is 0.714. The molecule has 2 aliphatic rings. The zero-order valence-electron chi connectivity index (χ0n) is 11.4. The van der Waals surface area contributed by atoms with Gasteiger partial charge >= 0.3 is 0 Å². The third kappa shape index (κ3) is 3.15. The Hall–Kier alpha value is -0.940. The van der Waals surface area contributed by atoms with E-state index in [4.69, 9.17) is 0 Å². The molecular weight excluding hydrogens is 258 g/mol. The molecule has 1 amide bonds. The Morgan fingerprint density at radius 2 is 2.16 bits per heavy atom. The molecule has 1 N–H and O–H groups in total. The highest BCUT2D eigenvalue weighted by atomic mass is 32.1. The average Bonchev–Trinajstić information content (AvgIpc) is 3.20. The monoisotopic (exact) mass is 279 g/mol. The van der Waals surface area contributed by atoms with Crippen molar-refractivity contribution in [2.24, 2.45) is 5.92 Å². The maximum absolute atomic E-state index is 12.0. The Balaban J connectivity index is 1.43. The third-order valence-corrected chi connectivity index (χ3v) is 5.06. The molecule has 1 saturated heterocycles. The molecule has 1 aliphatic carbocycles. The maximum atomic E-state index is 12.0. The summed E-state index contributed by atoms with van der Waals surface area (Å²) >= 11 is 1.72. The number of thiazole rings is 1. The number of likely N-dealkylation sites (tertiary alicyclic amines) is 1. The molecular formula is C14H21N3OS. The highest BCUT2D eigenvalue weighted by Gasteiger charge is 2.34. The molecule has 3 rings (SSSR count). The van der Waals surface area contributed by atoms with Crippen molar-refractivity contribution in [1.82, 2.24) is 15.2 Å². The molecule has 1 aliphatic heterocycles. The minimum atomic E-state index is 0.365. The van der Waals surface area contributed by atoms with Gasteiger partial charge in [-0.3, -0.25) is 4.79 Å². The standard InChI is InChI=1S/C14H21N3OS/c1-10-13(19-9-16-10)8-15-12-4-6-17(7-5-12)14(18)11-2-3-11/h9,11-12,15H,2-8H2,1H3. The maximum Gasteiger partial charge on any atom is 0.225 e. The second kappa shape index (κ2) is 5.59. The summed E-state index contributed by atoms with van der Waals surface area (Å²) in [6.45, 7) is 4.82. The molecule has 0 bridgehead atoms. The SMILES string of the molecule is Cc1ncsc1CNC1CCN(C(=O)C2CC2)CC1. The van der Waals surface area contributed by atoms with Crippen LogP contribution in [0.25, 0.3) is 0 Å². The quantitative estimate of drug-likeness (QED) is 0.916. The van der Waals surface area contributed by atoms with E-state index in [1.807, 2.05) is 5.51 Å². The number of rotatable bonds is 4. The van der Waals surface area contributed by atoms with E-state index in [0.29, 0.717) is 17.9 Å². The summed E-state index contributed by atoms with van der Waals surface area (Å²) in [5, 5.41) is 3.60. The van der Waals surface area contributed by atoms with Crippen molar-refractivity contribution in [3.05, 3.63) is 16.1 Å². The van der Waals surface area contributed by atoms with Gasteiger partial charge in [0.25, 0.3) is 0 Å². The number of hydrogen-bond acceptors (Lipinski definition) is 4. The Labute approximate surface area is 118 Å². The second-order valence-electron chi connectivity index (χ2n) is 5.62. The van der Waals surface area contributed by atoms with Crippen LogP contribution in [-0.2, 0) is 11.3 Å². The van der Waals surface area contributed by atoms with Crippen LogP contribution in [0.5, 0.6) is 0 Å². The van der Waals surface area contributed by atoms with Gasteiger partial charge in [0.15, 0.2) is 0 Å². The van der Waals surface area contributed by atoms with Gasteiger partial charge in [0.05, 0.1) is 11.2 Å². The zero-order valence-corrected chi connectivity index (χ0v) is 12.2. The number of amides is 1. The highest BCUT2D eigenvalue weighted by Crippen LogP contribution is 2.31. The Morgan fingerprint density at radius 1 is 1.42 bits per heavy atom. The van der Waals surface area contributed by atoms with E-state index in [1.165, 1.54) is 4.88 Å². The number of carbonyl (C=O) groups is 1. The van der Waals surface area contributed by atoms with Crippen LogP contribution in [0.3, 0.4) is 0 Å². The summed E-state index contributed by atoms with van der Waals surface area (Å²) in [6, 6.07) is 0.546. The fourth-order valence-electron chi connectivity index (χ4n) is 2.63. The van der Waals surface area contributed by atoms with Gasteiger partial charge < -0.3 is 10.2 Å². The van der Waals surface area contributed by atoms with Crippen molar-refractivity contribution in [2.45, 2.75) is 45.2 Å². The number of nitrogens with zero attached hydrogens (tertiary/aromatic N) is 2. The molecule has 1 aromatic rings. The Bertz CT molecular complexity index is 447. The number of aryl methyl sites for hydroxylation is 1. The molecule has 0 spiro atoms. The normalized spacial score (nSPS) is 20.8. The predicted octanol–water partition coefficient (Wildman–Crippen LogP) is 1.94.